The molecule has 0 atom stereocenters. The Bertz CT molecular complexity index is 1150. The first-order valence-corrected chi connectivity index (χ1v) is 20.4. The molecule has 0 bridgehead atoms. The number of aryl methyl sites for hydroxylation is 1. The summed E-state index contributed by atoms with van der Waals surface area (Å²) in [6, 6.07) is 0. The minimum atomic E-state index is -0.178. The molecule has 0 aromatic carbocycles. The van der Waals surface area contributed by atoms with Crippen molar-refractivity contribution in [1.29, 1.82) is 0 Å². The summed E-state index contributed by atoms with van der Waals surface area (Å²) >= 11 is 1.70. The molecule has 0 aliphatic carbocycles. The van der Waals surface area contributed by atoms with Crippen molar-refractivity contribution in [2.24, 2.45) is 0 Å². The van der Waals surface area contributed by atoms with Gasteiger partial charge in [0.15, 0.2) is 12.2 Å². The van der Waals surface area contributed by atoms with Crippen molar-refractivity contribution in [3.8, 4) is 0 Å². The number of nitrogen functional groups attached to an aromatic ring is 1. The molecule has 7 nitrogen and oxygen atoms in total. The minimum absolute atomic E-state index is 0.178. The van der Waals surface area contributed by atoms with Gasteiger partial charge in [-0.15, -0.1) is 0 Å². The quantitative estimate of drug-likeness (QED) is 0.0381. The molecular formula is C40H69N4O3S+. The standard InChI is InChI=1S/C40H69N4O3S/c1-5-7-9-11-13-15-17-19-21-23-25-27-38(45)47-39(28-26-24-22-20-18-16-14-12-10-8-6-2)46-30-29-37-34(3)44(33-48-37)32-36-31-42-35(4)43-40(36)41/h28,31,33H,5-27,29-30,32H2,1-4H3,(H2,41,42,43)/q+1. The van der Waals surface area contributed by atoms with Gasteiger partial charge >= 0.3 is 5.97 Å². The highest BCUT2D eigenvalue weighted by Crippen LogP contribution is 2.18. The molecule has 0 saturated heterocycles. The number of allylic oxidation sites excluding steroid dienone is 1. The number of esters is 1. The molecule has 0 aliphatic rings. The zero-order chi connectivity index (χ0) is 34.7. The van der Waals surface area contributed by atoms with Crippen LogP contribution in [0.3, 0.4) is 0 Å². The van der Waals surface area contributed by atoms with E-state index in [1.54, 1.807) is 17.5 Å². The van der Waals surface area contributed by atoms with Crippen LogP contribution < -0.4 is 10.3 Å². The number of ether oxygens (including phenoxy) is 2. The average molecular weight is 686 g/mol. The van der Waals surface area contributed by atoms with Crippen molar-refractivity contribution in [3.05, 3.63) is 45.7 Å². The molecule has 0 radical (unpaired) electrons. The van der Waals surface area contributed by atoms with Gasteiger partial charge in [-0.3, -0.25) is 4.79 Å². The van der Waals surface area contributed by atoms with Crippen LogP contribution in [0.25, 0.3) is 0 Å². The number of nitrogens with two attached hydrogens (primary N) is 1. The van der Waals surface area contributed by atoms with E-state index in [4.69, 9.17) is 15.2 Å². The van der Waals surface area contributed by atoms with Crippen molar-refractivity contribution < 1.29 is 18.8 Å². The van der Waals surface area contributed by atoms with Crippen LogP contribution in [0.2, 0.25) is 0 Å². The van der Waals surface area contributed by atoms with E-state index in [0.29, 0.717) is 37.2 Å². The van der Waals surface area contributed by atoms with E-state index >= 15 is 0 Å². The lowest BCUT2D eigenvalue weighted by molar-refractivity contribution is -0.689. The molecule has 272 valence electrons. The number of carbonyl (C=O) groups is 1. The topological polar surface area (TPSA) is 91.2 Å². The summed E-state index contributed by atoms with van der Waals surface area (Å²) in [5.74, 6) is 1.41. The monoisotopic (exact) mass is 686 g/mol. The van der Waals surface area contributed by atoms with Gasteiger partial charge in [0, 0.05) is 26.0 Å². The van der Waals surface area contributed by atoms with Gasteiger partial charge in [0.25, 0.3) is 5.95 Å². The van der Waals surface area contributed by atoms with Gasteiger partial charge in [0.1, 0.15) is 11.6 Å². The molecule has 0 aliphatic heterocycles. The predicted molar refractivity (Wildman–Crippen MR) is 201 cm³/mol. The van der Waals surface area contributed by atoms with Crippen LogP contribution in [0.15, 0.2) is 23.7 Å². The molecule has 2 N–H and O–H groups in total. The smallest absolute Gasteiger partial charge is 0.313 e. The van der Waals surface area contributed by atoms with E-state index in [1.807, 2.05) is 13.0 Å². The largest absolute Gasteiger partial charge is 0.465 e. The molecule has 2 aromatic rings. The molecule has 0 fully saturated rings. The van der Waals surface area contributed by atoms with E-state index in [2.05, 4.69) is 40.8 Å². The lowest BCUT2D eigenvalue weighted by Gasteiger charge is -2.11. The molecule has 8 heteroatoms. The zero-order valence-corrected chi connectivity index (χ0v) is 32.0. The Morgan fingerprint density at radius 3 is 1.92 bits per heavy atom. The summed E-state index contributed by atoms with van der Waals surface area (Å²) in [4.78, 5) is 22.6. The highest BCUT2D eigenvalue weighted by atomic mass is 32.1. The van der Waals surface area contributed by atoms with Crippen LogP contribution >= 0.6 is 11.3 Å². The van der Waals surface area contributed by atoms with Crippen LogP contribution in [0, 0.1) is 13.8 Å². The summed E-state index contributed by atoms with van der Waals surface area (Å²) in [6.07, 6.45) is 32.8. The second-order valence-corrected chi connectivity index (χ2v) is 14.5. The number of hydrogen-bond donors (Lipinski definition) is 1. The Morgan fingerprint density at radius 1 is 0.812 bits per heavy atom. The van der Waals surface area contributed by atoms with Crippen molar-refractivity contribution in [2.75, 3.05) is 12.3 Å². The summed E-state index contributed by atoms with van der Waals surface area (Å²) < 4.78 is 14.1. The van der Waals surface area contributed by atoms with Crippen molar-refractivity contribution in [1.82, 2.24) is 9.97 Å². The van der Waals surface area contributed by atoms with Crippen LogP contribution in [-0.2, 0) is 27.2 Å². The van der Waals surface area contributed by atoms with E-state index in [0.717, 1.165) is 37.7 Å². The average Bonchev–Trinajstić information content (AvgIpc) is 3.41. The Balaban J connectivity index is 1.77. The fraction of sp³-hybridized carbons (Fsp3) is 0.750. The van der Waals surface area contributed by atoms with Gasteiger partial charge in [-0.05, 0) is 32.3 Å². The molecule has 2 heterocycles. The maximum atomic E-state index is 12.8. The fourth-order valence-corrected chi connectivity index (χ4v) is 6.96. The van der Waals surface area contributed by atoms with Crippen molar-refractivity contribution in [3.63, 3.8) is 0 Å². The van der Waals surface area contributed by atoms with E-state index < -0.39 is 0 Å². The predicted octanol–water partition coefficient (Wildman–Crippen LogP) is 11.0. The minimum Gasteiger partial charge on any atom is -0.465 e. The molecule has 48 heavy (non-hydrogen) atoms. The number of thiazole rings is 1. The number of anilines is 1. The number of carbonyl (C=O) groups excluding carboxylic acids is 1. The number of rotatable bonds is 30. The highest BCUT2D eigenvalue weighted by molar-refractivity contribution is 7.09. The van der Waals surface area contributed by atoms with Gasteiger partial charge in [0.05, 0.1) is 17.0 Å². The van der Waals surface area contributed by atoms with Crippen LogP contribution in [-0.4, -0.2) is 22.5 Å². The Labute approximate surface area is 297 Å². The van der Waals surface area contributed by atoms with Gasteiger partial charge < -0.3 is 15.2 Å². The Hall–Kier alpha value is -2.48. The number of aromatic nitrogens is 3. The Kier molecular flexibility index (Phi) is 23.8. The van der Waals surface area contributed by atoms with Gasteiger partial charge in [-0.1, -0.05) is 147 Å². The van der Waals surface area contributed by atoms with Crippen LogP contribution in [0.5, 0.6) is 0 Å². The maximum Gasteiger partial charge on any atom is 0.313 e. The number of hydrogen-bond acceptors (Lipinski definition) is 7. The lowest BCUT2D eigenvalue weighted by atomic mass is 10.1. The molecule has 2 rings (SSSR count). The van der Waals surface area contributed by atoms with E-state index in [9.17, 15) is 4.79 Å². The fourth-order valence-electron chi connectivity index (χ4n) is 5.99. The lowest BCUT2D eigenvalue weighted by Crippen LogP contribution is -2.35. The Morgan fingerprint density at radius 2 is 1.35 bits per heavy atom. The molecular weight excluding hydrogens is 617 g/mol. The molecule has 2 aromatic heterocycles. The third-order valence-corrected chi connectivity index (χ3v) is 10.3. The SMILES string of the molecule is CCCCCCCCCCCCC=C(OCCc1sc[n+](Cc2cnc(C)nc2N)c1C)OC(=O)CCCCCCCCCCCCC. The zero-order valence-electron chi connectivity index (χ0n) is 31.2. The summed E-state index contributed by atoms with van der Waals surface area (Å²) in [5, 5.41) is 0. The van der Waals surface area contributed by atoms with E-state index in [-0.39, 0.29) is 5.97 Å². The van der Waals surface area contributed by atoms with E-state index in [1.165, 1.54) is 126 Å². The van der Waals surface area contributed by atoms with Crippen molar-refractivity contribution in [2.45, 2.75) is 188 Å². The first kappa shape index (κ1) is 41.7. The number of nitrogens with zero attached hydrogens (tertiary/aromatic N) is 3. The normalized spacial score (nSPS) is 11.7. The molecule has 0 saturated carbocycles. The van der Waals surface area contributed by atoms with Crippen LogP contribution in [0.1, 0.15) is 183 Å². The third kappa shape index (κ3) is 19.5. The third-order valence-electron chi connectivity index (χ3n) is 9.16. The number of unbranched alkanes of at least 4 members (excludes halogenated alkanes) is 20. The summed E-state index contributed by atoms with van der Waals surface area (Å²) in [5.41, 5.74) is 10.3. The molecule has 0 spiro atoms. The van der Waals surface area contributed by atoms with Crippen molar-refractivity contribution >= 4 is 23.1 Å². The highest BCUT2D eigenvalue weighted by Gasteiger charge is 2.18. The molecule has 0 unspecified atom stereocenters. The first-order valence-electron chi connectivity index (χ1n) is 19.5. The summed E-state index contributed by atoms with van der Waals surface area (Å²) in [7, 11) is 0. The summed E-state index contributed by atoms with van der Waals surface area (Å²) in [6.45, 7) is 9.60. The van der Waals surface area contributed by atoms with Gasteiger partial charge in [-0.25, -0.2) is 9.97 Å². The van der Waals surface area contributed by atoms with Crippen LogP contribution in [0.4, 0.5) is 5.82 Å². The van der Waals surface area contributed by atoms with Gasteiger partial charge in [-0.2, -0.15) is 4.57 Å². The second-order valence-electron chi connectivity index (χ2n) is 13.5. The second kappa shape index (κ2) is 27.4. The van der Waals surface area contributed by atoms with Gasteiger partial charge in [0.2, 0.25) is 5.51 Å². The molecule has 0 amide bonds. The first-order chi connectivity index (χ1) is 23.4. The maximum absolute atomic E-state index is 12.8.